The lowest BCUT2D eigenvalue weighted by atomic mass is 9.97. The van der Waals surface area contributed by atoms with E-state index in [0.717, 1.165) is 23.5 Å². The second kappa shape index (κ2) is 5.59. The van der Waals surface area contributed by atoms with Crippen molar-refractivity contribution in [3.8, 4) is 11.5 Å². The lowest BCUT2D eigenvalue weighted by Gasteiger charge is -2.15. The van der Waals surface area contributed by atoms with Crippen LogP contribution >= 0.6 is 0 Å². The molecule has 2 unspecified atom stereocenters. The Hall–Kier alpha value is -1.26. The number of nitrogens with two attached hydrogens (primary N) is 1. The molecule has 1 aliphatic rings. The van der Waals surface area contributed by atoms with Gasteiger partial charge in [-0.3, -0.25) is 0 Å². The fourth-order valence-corrected chi connectivity index (χ4v) is 2.36. The monoisotopic (exact) mass is 251 g/mol. The summed E-state index contributed by atoms with van der Waals surface area (Å²) < 4.78 is 11.2. The van der Waals surface area contributed by atoms with Crippen molar-refractivity contribution < 1.29 is 14.6 Å². The van der Waals surface area contributed by atoms with E-state index >= 15 is 0 Å². The highest BCUT2D eigenvalue weighted by atomic mass is 16.5. The first-order valence-corrected chi connectivity index (χ1v) is 6.35. The second-order valence-electron chi connectivity index (χ2n) is 4.89. The molecule has 4 nitrogen and oxygen atoms in total. The molecule has 0 saturated carbocycles. The number of rotatable bonds is 5. The maximum atomic E-state index is 9.23. The van der Waals surface area contributed by atoms with Crippen molar-refractivity contribution in [1.29, 1.82) is 0 Å². The summed E-state index contributed by atoms with van der Waals surface area (Å²) in [5, 5.41) is 9.23. The first-order chi connectivity index (χ1) is 8.67. The van der Waals surface area contributed by atoms with Crippen LogP contribution in [0.15, 0.2) is 12.1 Å². The fourth-order valence-electron chi connectivity index (χ4n) is 2.36. The average molecular weight is 251 g/mol. The summed E-state index contributed by atoms with van der Waals surface area (Å²) in [5.41, 5.74) is 7.87. The van der Waals surface area contributed by atoms with Crippen LogP contribution in [-0.4, -0.2) is 31.5 Å². The topological polar surface area (TPSA) is 64.7 Å². The molecule has 18 heavy (non-hydrogen) atoms. The summed E-state index contributed by atoms with van der Waals surface area (Å²) in [5.74, 6) is 1.86. The first kappa shape index (κ1) is 13.2. The van der Waals surface area contributed by atoms with Crippen molar-refractivity contribution >= 4 is 0 Å². The molecular formula is C14H21NO3. The third-order valence-electron chi connectivity index (χ3n) is 3.40. The minimum absolute atomic E-state index is 0.0655. The molecule has 1 aromatic carbocycles. The van der Waals surface area contributed by atoms with Gasteiger partial charge in [0.2, 0.25) is 0 Å². The molecule has 1 heterocycles. The van der Waals surface area contributed by atoms with Crippen LogP contribution in [0.2, 0.25) is 0 Å². The van der Waals surface area contributed by atoms with Crippen LogP contribution in [0.5, 0.6) is 11.5 Å². The molecule has 0 amide bonds. The predicted molar refractivity (Wildman–Crippen MR) is 70.1 cm³/mol. The van der Waals surface area contributed by atoms with Gasteiger partial charge in [0.25, 0.3) is 0 Å². The number of aliphatic hydroxyl groups is 1. The van der Waals surface area contributed by atoms with E-state index in [2.05, 4.69) is 6.92 Å². The summed E-state index contributed by atoms with van der Waals surface area (Å²) in [6.07, 6.45) is 1.86. The highest BCUT2D eigenvalue weighted by Gasteiger charge is 2.22. The highest BCUT2D eigenvalue weighted by molar-refractivity contribution is 5.48. The molecule has 0 bridgehead atoms. The van der Waals surface area contributed by atoms with Gasteiger partial charge in [-0.15, -0.1) is 0 Å². The molecular weight excluding hydrogens is 230 g/mol. The van der Waals surface area contributed by atoms with E-state index in [1.165, 1.54) is 5.56 Å². The Bertz CT molecular complexity index is 416. The fraction of sp³-hybridized carbons (Fsp3) is 0.571. The van der Waals surface area contributed by atoms with Crippen molar-refractivity contribution in [3.63, 3.8) is 0 Å². The quantitative estimate of drug-likeness (QED) is 0.823. The number of fused-ring (bicyclic) bond motifs is 1. The van der Waals surface area contributed by atoms with E-state index in [-0.39, 0.29) is 18.6 Å². The van der Waals surface area contributed by atoms with Crippen LogP contribution in [-0.2, 0) is 12.8 Å². The number of benzene rings is 1. The van der Waals surface area contributed by atoms with E-state index in [1.807, 2.05) is 12.1 Å². The third-order valence-corrected chi connectivity index (χ3v) is 3.40. The summed E-state index contributed by atoms with van der Waals surface area (Å²) >= 11 is 0. The van der Waals surface area contributed by atoms with Gasteiger partial charge >= 0.3 is 0 Å². The molecule has 1 aliphatic heterocycles. The van der Waals surface area contributed by atoms with Gasteiger partial charge in [-0.25, -0.2) is 0 Å². The Kier molecular flexibility index (Phi) is 4.09. The number of aliphatic hydroxyl groups excluding tert-OH is 1. The van der Waals surface area contributed by atoms with Gasteiger partial charge in [0, 0.05) is 18.6 Å². The zero-order chi connectivity index (χ0) is 13.1. The zero-order valence-corrected chi connectivity index (χ0v) is 11.0. The minimum Gasteiger partial charge on any atom is -0.496 e. The summed E-state index contributed by atoms with van der Waals surface area (Å²) in [6, 6.07) is 4.06. The van der Waals surface area contributed by atoms with Gasteiger partial charge in [0.05, 0.1) is 7.11 Å². The average Bonchev–Trinajstić information content (AvgIpc) is 2.73. The van der Waals surface area contributed by atoms with Crippen molar-refractivity contribution in [1.82, 2.24) is 0 Å². The molecule has 2 rings (SSSR count). The lowest BCUT2D eigenvalue weighted by Crippen LogP contribution is -2.20. The van der Waals surface area contributed by atoms with Crippen LogP contribution in [0.3, 0.4) is 0 Å². The molecule has 3 N–H and O–H groups in total. The van der Waals surface area contributed by atoms with Crippen molar-refractivity contribution in [2.45, 2.75) is 25.9 Å². The first-order valence-electron chi connectivity index (χ1n) is 6.35. The van der Waals surface area contributed by atoms with Crippen LogP contribution in [0.1, 0.15) is 18.1 Å². The summed E-state index contributed by atoms with van der Waals surface area (Å²) in [4.78, 5) is 0. The summed E-state index contributed by atoms with van der Waals surface area (Å²) in [6.45, 7) is 2.62. The normalized spacial score (nSPS) is 19.2. The van der Waals surface area contributed by atoms with Gasteiger partial charge in [0.1, 0.15) is 17.6 Å². The molecule has 0 aromatic heterocycles. The lowest BCUT2D eigenvalue weighted by molar-refractivity contribution is 0.228. The molecule has 4 heteroatoms. The molecule has 0 aliphatic carbocycles. The van der Waals surface area contributed by atoms with Gasteiger partial charge in [-0.1, -0.05) is 0 Å². The Balaban J connectivity index is 2.27. The van der Waals surface area contributed by atoms with Crippen molar-refractivity contribution in [3.05, 3.63) is 23.3 Å². The van der Waals surface area contributed by atoms with E-state index in [4.69, 9.17) is 15.2 Å². The van der Waals surface area contributed by atoms with Crippen LogP contribution < -0.4 is 15.2 Å². The minimum atomic E-state index is 0.0655. The molecule has 0 spiro atoms. The van der Waals surface area contributed by atoms with Gasteiger partial charge in [-0.2, -0.15) is 0 Å². The second-order valence-corrected chi connectivity index (χ2v) is 4.89. The molecule has 0 radical (unpaired) electrons. The van der Waals surface area contributed by atoms with Crippen LogP contribution in [0.4, 0.5) is 0 Å². The van der Waals surface area contributed by atoms with Gasteiger partial charge < -0.3 is 20.3 Å². The molecule has 2 atom stereocenters. The third kappa shape index (κ3) is 2.60. The molecule has 0 fully saturated rings. The summed E-state index contributed by atoms with van der Waals surface area (Å²) in [7, 11) is 1.67. The van der Waals surface area contributed by atoms with Crippen molar-refractivity contribution in [2.24, 2.45) is 11.7 Å². The maximum Gasteiger partial charge on any atom is 0.123 e. The number of hydrogen-bond donors (Lipinski definition) is 2. The zero-order valence-electron chi connectivity index (χ0n) is 11.0. The number of methoxy groups -OCH3 is 1. The van der Waals surface area contributed by atoms with Crippen LogP contribution in [0.25, 0.3) is 0 Å². The standard InChI is InChI=1S/C14H21NO3/c1-9-3-11-5-13(17-2)12(6-14(11)18-9)4-10(7-15)8-16/h5-6,9-10,16H,3-4,7-8,15H2,1-2H3. The van der Waals surface area contributed by atoms with E-state index in [1.54, 1.807) is 7.11 Å². The largest absolute Gasteiger partial charge is 0.496 e. The SMILES string of the molecule is COc1cc2c(cc1CC(CN)CO)OC(C)C2. The Labute approximate surface area is 108 Å². The molecule has 100 valence electrons. The Morgan fingerprint density at radius 3 is 2.94 bits per heavy atom. The van der Waals surface area contributed by atoms with E-state index < -0.39 is 0 Å². The highest BCUT2D eigenvalue weighted by Crippen LogP contribution is 2.35. The Morgan fingerprint density at radius 2 is 2.33 bits per heavy atom. The predicted octanol–water partition coefficient (Wildman–Crippen LogP) is 1.13. The number of hydrogen-bond acceptors (Lipinski definition) is 4. The van der Waals surface area contributed by atoms with Crippen molar-refractivity contribution in [2.75, 3.05) is 20.3 Å². The van der Waals surface area contributed by atoms with Crippen LogP contribution in [0, 0.1) is 5.92 Å². The maximum absolute atomic E-state index is 9.23. The number of ether oxygens (including phenoxy) is 2. The molecule has 0 saturated heterocycles. The smallest absolute Gasteiger partial charge is 0.123 e. The Morgan fingerprint density at radius 1 is 1.56 bits per heavy atom. The van der Waals surface area contributed by atoms with Gasteiger partial charge in [0.15, 0.2) is 0 Å². The molecule has 1 aromatic rings. The van der Waals surface area contributed by atoms with E-state index in [0.29, 0.717) is 13.0 Å². The van der Waals surface area contributed by atoms with Gasteiger partial charge in [-0.05, 0) is 43.5 Å². The van der Waals surface area contributed by atoms with E-state index in [9.17, 15) is 5.11 Å².